The number of aliphatic hydroxyl groups excluding tert-OH is 2. The highest BCUT2D eigenvalue weighted by molar-refractivity contribution is 7.45. The minimum absolute atomic E-state index is 0.0416. The van der Waals surface area contributed by atoms with E-state index in [0.717, 1.165) is 25.7 Å². The van der Waals surface area contributed by atoms with Crippen molar-refractivity contribution >= 4 is 19.6 Å². The smallest absolute Gasteiger partial charge is 0.268 e. The average Bonchev–Trinajstić information content (AvgIpc) is 3.05. The molecule has 12 nitrogen and oxygen atoms in total. The predicted octanol–water partition coefficient (Wildman–Crippen LogP) is 4.54. The maximum Gasteiger partial charge on any atom is 0.268 e. The Morgan fingerprint density at radius 2 is 1.04 bits per heavy atom. The second-order valence-electron chi connectivity index (χ2n) is 14.5. The topological polar surface area (TPSA) is 157 Å². The largest absolute Gasteiger partial charge is 0.756 e. The SMILES string of the molecule is CCCCC=CCC=CCC(=O)NCCC[N+](C)(C)CC(O)COP(=O)([O-])OCC(O)C[N+](C)(C)CCCNC(=O)CC=CCC=CCCCC. The Labute approximate surface area is 309 Å². The minimum atomic E-state index is -4.74. The number of amides is 2. The van der Waals surface area contributed by atoms with Crippen molar-refractivity contribution in [3.8, 4) is 0 Å². The van der Waals surface area contributed by atoms with Crippen LogP contribution in [0.15, 0.2) is 48.6 Å². The van der Waals surface area contributed by atoms with Crippen molar-refractivity contribution in [1.82, 2.24) is 10.6 Å². The summed E-state index contributed by atoms with van der Waals surface area (Å²) in [6, 6.07) is 0. The number of nitrogens with one attached hydrogen (secondary N) is 2. The molecule has 2 unspecified atom stereocenters. The highest BCUT2D eigenvalue weighted by Gasteiger charge is 2.25. The molecule has 0 radical (unpaired) electrons. The quantitative estimate of drug-likeness (QED) is 0.0339. The highest BCUT2D eigenvalue weighted by Crippen LogP contribution is 2.38. The van der Waals surface area contributed by atoms with E-state index in [1.165, 1.54) is 25.7 Å². The molecule has 0 rings (SSSR count). The molecule has 4 N–H and O–H groups in total. The molecule has 0 aliphatic carbocycles. The van der Waals surface area contributed by atoms with Crippen LogP contribution in [0.25, 0.3) is 0 Å². The van der Waals surface area contributed by atoms with Gasteiger partial charge in [-0.1, -0.05) is 88.1 Å². The third-order valence-corrected chi connectivity index (χ3v) is 8.98. The first kappa shape index (κ1) is 48.9. The number of nitrogens with zero attached hydrogens (tertiary/aromatic N) is 2. The third kappa shape index (κ3) is 32.2. The van der Waals surface area contributed by atoms with E-state index in [-0.39, 0.29) is 24.9 Å². The highest BCUT2D eigenvalue weighted by atomic mass is 31.2. The van der Waals surface area contributed by atoms with Gasteiger partial charge in [0, 0.05) is 38.8 Å². The van der Waals surface area contributed by atoms with Crippen molar-refractivity contribution in [2.24, 2.45) is 0 Å². The number of phosphoric ester groups is 1. The summed E-state index contributed by atoms with van der Waals surface area (Å²) in [5.74, 6) is -0.0832. The molecule has 0 fully saturated rings. The van der Waals surface area contributed by atoms with Crippen LogP contribution in [-0.2, 0) is 23.2 Å². The van der Waals surface area contributed by atoms with E-state index in [1.807, 2.05) is 52.5 Å². The first-order chi connectivity index (χ1) is 24.1. The van der Waals surface area contributed by atoms with Crippen molar-refractivity contribution in [2.45, 2.75) is 103 Å². The average molecular weight is 744 g/mol. The predicted molar refractivity (Wildman–Crippen MR) is 205 cm³/mol. The van der Waals surface area contributed by atoms with Gasteiger partial charge in [0.1, 0.15) is 25.3 Å². The van der Waals surface area contributed by atoms with Gasteiger partial charge in [0.15, 0.2) is 0 Å². The van der Waals surface area contributed by atoms with Gasteiger partial charge < -0.3 is 43.8 Å². The van der Waals surface area contributed by atoms with Crippen LogP contribution >= 0.6 is 7.82 Å². The zero-order chi connectivity index (χ0) is 38.4. The summed E-state index contributed by atoms with van der Waals surface area (Å²) in [6.45, 7) is 6.21. The number of hydrogen-bond donors (Lipinski definition) is 4. The molecule has 0 saturated carbocycles. The first-order valence-electron chi connectivity index (χ1n) is 18.8. The van der Waals surface area contributed by atoms with Gasteiger partial charge in [0.25, 0.3) is 7.82 Å². The number of quaternary nitrogens is 2. The van der Waals surface area contributed by atoms with Crippen LogP contribution in [0.4, 0.5) is 0 Å². The summed E-state index contributed by atoms with van der Waals surface area (Å²) in [5, 5.41) is 26.7. The number of rotatable bonds is 32. The molecule has 0 aromatic heterocycles. The van der Waals surface area contributed by atoms with E-state index in [1.54, 1.807) is 0 Å². The number of allylic oxidation sites excluding steroid dienone is 6. The molecule has 0 saturated heterocycles. The summed E-state index contributed by atoms with van der Waals surface area (Å²) >= 11 is 0. The summed E-state index contributed by atoms with van der Waals surface area (Å²) < 4.78 is 22.9. The molecule has 0 aromatic carbocycles. The monoisotopic (exact) mass is 744 g/mol. The van der Waals surface area contributed by atoms with E-state index in [2.05, 4.69) is 48.8 Å². The van der Waals surface area contributed by atoms with Gasteiger partial charge in [-0.05, 0) is 25.7 Å². The lowest BCUT2D eigenvalue weighted by Crippen LogP contribution is -2.48. The number of carbonyl (C=O) groups is 2. The first-order valence-corrected chi connectivity index (χ1v) is 20.3. The lowest BCUT2D eigenvalue weighted by molar-refractivity contribution is -0.893. The molecular weight excluding hydrogens is 671 g/mol. The van der Waals surface area contributed by atoms with Gasteiger partial charge in [0.05, 0.1) is 54.5 Å². The zero-order valence-corrected chi connectivity index (χ0v) is 33.5. The van der Waals surface area contributed by atoms with E-state index in [4.69, 9.17) is 9.05 Å². The van der Waals surface area contributed by atoms with Crippen LogP contribution < -0.4 is 15.5 Å². The van der Waals surface area contributed by atoms with Crippen molar-refractivity contribution in [1.29, 1.82) is 0 Å². The molecule has 0 spiro atoms. The normalized spacial score (nSPS) is 15.2. The van der Waals surface area contributed by atoms with E-state index >= 15 is 0 Å². The van der Waals surface area contributed by atoms with E-state index in [9.17, 15) is 29.3 Å². The van der Waals surface area contributed by atoms with Gasteiger partial charge in [-0.25, -0.2) is 0 Å². The van der Waals surface area contributed by atoms with Crippen LogP contribution in [-0.4, -0.2) is 124 Å². The number of likely N-dealkylation sites (N-methyl/N-ethyl adjacent to an activating group) is 2. The fourth-order valence-corrected chi connectivity index (χ4v) is 6.02. The minimum Gasteiger partial charge on any atom is -0.756 e. The Morgan fingerprint density at radius 3 is 1.41 bits per heavy atom. The molecule has 2 amide bonds. The van der Waals surface area contributed by atoms with Crippen molar-refractivity contribution in [3.63, 3.8) is 0 Å². The molecular formula is C38H72N4O8P+. The van der Waals surface area contributed by atoms with Crippen molar-refractivity contribution < 1.29 is 47.3 Å². The van der Waals surface area contributed by atoms with Crippen LogP contribution in [0.1, 0.15) is 90.9 Å². The zero-order valence-electron chi connectivity index (χ0n) is 32.6. The van der Waals surface area contributed by atoms with Gasteiger partial charge in [-0.15, -0.1) is 0 Å². The molecule has 0 aromatic rings. The Bertz CT molecular complexity index is 1010. The van der Waals surface area contributed by atoms with Gasteiger partial charge in [-0.3, -0.25) is 14.2 Å². The Morgan fingerprint density at radius 1 is 0.667 bits per heavy atom. The lowest BCUT2D eigenvalue weighted by atomic mass is 10.2. The van der Waals surface area contributed by atoms with Crippen LogP contribution in [0.2, 0.25) is 0 Å². The van der Waals surface area contributed by atoms with Crippen LogP contribution in [0, 0.1) is 0 Å². The van der Waals surface area contributed by atoms with Gasteiger partial charge in [0.2, 0.25) is 11.8 Å². The molecule has 0 aliphatic heterocycles. The standard InChI is InChI=1S/C38H71N4O8P/c1-7-9-11-13-15-17-19-21-25-37(45)39-27-23-29-41(3,4)31-35(43)33-49-51(47,48)50-34-36(44)32-42(5,6)30-24-28-40-38(46)26-22-20-18-16-14-12-10-8-2/h13-16,19-22,35-36,43-44H,7-12,17-18,23-34H2,1-6H3,(H-2,39,40,45,46,47,48)/p+1. The third-order valence-electron chi connectivity index (χ3n) is 8.05. The molecule has 0 heterocycles. The molecule has 51 heavy (non-hydrogen) atoms. The van der Waals surface area contributed by atoms with Crippen molar-refractivity contribution in [2.75, 3.05) is 80.7 Å². The van der Waals surface area contributed by atoms with Crippen LogP contribution in [0.5, 0.6) is 0 Å². The Hall–Kier alpha value is -2.15. The maximum absolute atomic E-state index is 12.3. The molecule has 0 aliphatic rings. The summed E-state index contributed by atoms with van der Waals surface area (Å²) in [7, 11) is 2.89. The maximum atomic E-state index is 12.3. The summed E-state index contributed by atoms with van der Waals surface area (Å²) in [5.41, 5.74) is 0. The molecule has 2 atom stereocenters. The van der Waals surface area contributed by atoms with E-state index in [0.29, 0.717) is 60.8 Å². The lowest BCUT2D eigenvalue weighted by Gasteiger charge is -2.33. The Balaban J connectivity index is 4.22. The van der Waals surface area contributed by atoms with E-state index < -0.39 is 33.2 Å². The molecule has 13 heteroatoms. The Kier molecular flexibility index (Phi) is 28.1. The number of carbonyl (C=O) groups excluding carboxylic acids is 2. The number of unbranched alkanes of at least 4 members (excludes halogenated alkanes) is 4. The van der Waals surface area contributed by atoms with Gasteiger partial charge in [-0.2, -0.15) is 0 Å². The fraction of sp³-hybridized carbons (Fsp3) is 0.737. The summed E-state index contributed by atoms with van der Waals surface area (Å²) in [4.78, 5) is 36.4. The van der Waals surface area contributed by atoms with Crippen molar-refractivity contribution in [3.05, 3.63) is 48.6 Å². The summed E-state index contributed by atoms with van der Waals surface area (Å²) in [6.07, 6.45) is 24.8. The molecule has 0 bridgehead atoms. The second kappa shape index (κ2) is 29.3. The fourth-order valence-electron chi connectivity index (χ4n) is 5.24. The van der Waals surface area contributed by atoms with Gasteiger partial charge >= 0.3 is 0 Å². The number of aliphatic hydroxyl groups is 2. The second-order valence-corrected chi connectivity index (χ2v) is 15.9. The van der Waals surface area contributed by atoms with Crippen LogP contribution in [0.3, 0.4) is 0 Å². The number of phosphoric acid groups is 1. The molecule has 296 valence electrons. The number of hydrogen-bond acceptors (Lipinski definition) is 8.